The van der Waals surface area contributed by atoms with Crippen LogP contribution in [0.1, 0.15) is 17.4 Å². The van der Waals surface area contributed by atoms with Crippen LogP contribution < -0.4 is 0 Å². The van der Waals surface area contributed by atoms with E-state index in [1.54, 1.807) is 10.7 Å². The van der Waals surface area contributed by atoms with Gasteiger partial charge in [-0.1, -0.05) is 34.1 Å². The van der Waals surface area contributed by atoms with Gasteiger partial charge in [-0.2, -0.15) is 5.10 Å². The fraction of sp³-hybridized carbons (Fsp3) is 0.188. The molecule has 3 nitrogen and oxygen atoms in total. The lowest BCUT2D eigenvalue weighted by atomic mass is 10.0. The molecule has 1 N–H and O–H groups in total. The molecule has 0 aliphatic carbocycles. The van der Waals surface area contributed by atoms with Gasteiger partial charge < -0.3 is 5.11 Å². The van der Waals surface area contributed by atoms with Crippen molar-refractivity contribution in [2.75, 3.05) is 0 Å². The molecule has 3 aromatic rings. The van der Waals surface area contributed by atoms with Crippen LogP contribution in [0.2, 0.25) is 0 Å². The lowest BCUT2D eigenvalue weighted by Crippen LogP contribution is -2.04. The largest absolute Gasteiger partial charge is 0.386 e. The predicted molar refractivity (Wildman–Crippen MR) is 83.5 cm³/mol. The van der Waals surface area contributed by atoms with Crippen molar-refractivity contribution in [2.24, 2.45) is 7.05 Å². The molecule has 1 aromatic heterocycles. The normalized spacial score (nSPS) is 12.8. The van der Waals surface area contributed by atoms with Gasteiger partial charge >= 0.3 is 0 Å². The van der Waals surface area contributed by atoms with Crippen molar-refractivity contribution < 1.29 is 9.50 Å². The van der Waals surface area contributed by atoms with E-state index in [0.717, 1.165) is 16.5 Å². The van der Waals surface area contributed by atoms with Crippen LogP contribution in [0.15, 0.2) is 46.9 Å². The van der Waals surface area contributed by atoms with E-state index < -0.39 is 6.10 Å². The number of rotatable bonds is 3. The zero-order chi connectivity index (χ0) is 15.0. The Labute approximate surface area is 130 Å². The number of aliphatic hydroxyl groups excluding tert-OH is 1. The van der Waals surface area contributed by atoms with E-state index in [1.165, 1.54) is 12.1 Å². The summed E-state index contributed by atoms with van der Waals surface area (Å²) in [4.78, 5) is 0. The van der Waals surface area contributed by atoms with Gasteiger partial charge in [-0.15, -0.1) is 0 Å². The van der Waals surface area contributed by atoms with Gasteiger partial charge in [-0.05, 0) is 29.8 Å². The van der Waals surface area contributed by atoms with Crippen molar-refractivity contribution in [3.05, 3.63) is 64.0 Å². The second kappa shape index (κ2) is 5.58. The molecule has 1 unspecified atom stereocenters. The van der Waals surface area contributed by atoms with Gasteiger partial charge in [-0.3, -0.25) is 4.68 Å². The van der Waals surface area contributed by atoms with Gasteiger partial charge in [0.15, 0.2) is 0 Å². The third-order valence-electron chi connectivity index (χ3n) is 3.45. The van der Waals surface area contributed by atoms with Crippen LogP contribution in [0, 0.1) is 5.82 Å². The van der Waals surface area contributed by atoms with Crippen molar-refractivity contribution in [1.82, 2.24) is 9.78 Å². The number of aryl methyl sites for hydroxylation is 1. The summed E-state index contributed by atoms with van der Waals surface area (Å²) < 4.78 is 15.8. The molecule has 0 amide bonds. The number of nitrogens with zero attached hydrogens (tertiary/aromatic N) is 2. The Morgan fingerprint density at radius 2 is 2.05 bits per heavy atom. The molecule has 3 rings (SSSR count). The van der Waals surface area contributed by atoms with Gasteiger partial charge in [-0.25, -0.2) is 4.39 Å². The molecule has 21 heavy (non-hydrogen) atoms. The first kappa shape index (κ1) is 14.2. The third-order valence-corrected chi connectivity index (χ3v) is 3.91. The molecule has 0 radical (unpaired) electrons. The van der Waals surface area contributed by atoms with Crippen molar-refractivity contribution in [3.63, 3.8) is 0 Å². The molecule has 0 bridgehead atoms. The zero-order valence-corrected chi connectivity index (χ0v) is 13.0. The summed E-state index contributed by atoms with van der Waals surface area (Å²) in [6, 6.07) is 12.4. The Kier molecular flexibility index (Phi) is 3.78. The van der Waals surface area contributed by atoms with E-state index in [9.17, 15) is 9.50 Å². The SMILES string of the molecule is Cn1nc(C(O)Cc2cc(F)cc(Br)c2)c2ccccc21. The number of fused-ring (bicyclic) bond motifs is 1. The highest BCUT2D eigenvalue weighted by Gasteiger charge is 2.17. The quantitative estimate of drug-likeness (QED) is 0.782. The number of hydrogen-bond donors (Lipinski definition) is 1. The van der Waals surface area contributed by atoms with Gasteiger partial charge in [0.1, 0.15) is 11.9 Å². The van der Waals surface area contributed by atoms with Crippen molar-refractivity contribution >= 4 is 26.8 Å². The highest BCUT2D eigenvalue weighted by molar-refractivity contribution is 9.10. The first-order chi connectivity index (χ1) is 10.0. The summed E-state index contributed by atoms with van der Waals surface area (Å²) in [6.45, 7) is 0. The van der Waals surface area contributed by atoms with Crippen LogP contribution in [0.5, 0.6) is 0 Å². The third kappa shape index (κ3) is 2.84. The number of aromatic nitrogens is 2. The molecule has 0 saturated heterocycles. The van der Waals surface area contributed by atoms with E-state index in [0.29, 0.717) is 16.6 Å². The summed E-state index contributed by atoms with van der Waals surface area (Å²) in [5.41, 5.74) is 2.31. The molecular formula is C16H14BrFN2O. The first-order valence-electron chi connectivity index (χ1n) is 6.59. The van der Waals surface area contributed by atoms with Crippen LogP contribution >= 0.6 is 15.9 Å². The number of benzene rings is 2. The Morgan fingerprint density at radius 3 is 2.81 bits per heavy atom. The minimum Gasteiger partial charge on any atom is -0.386 e. The summed E-state index contributed by atoms with van der Waals surface area (Å²) in [5, 5.41) is 15.8. The second-order valence-electron chi connectivity index (χ2n) is 5.02. The standard InChI is InChI=1S/C16H14BrFN2O/c1-20-14-5-3-2-4-13(14)16(19-20)15(21)8-10-6-11(17)9-12(18)7-10/h2-7,9,15,21H,8H2,1H3. The zero-order valence-electron chi connectivity index (χ0n) is 11.4. The molecule has 1 heterocycles. The van der Waals surface area contributed by atoms with Crippen LogP contribution in [0.25, 0.3) is 10.9 Å². The van der Waals surface area contributed by atoms with Crippen LogP contribution in [0.3, 0.4) is 0 Å². The summed E-state index contributed by atoms with van der Waals surface area (Å²) in [6.07, 6.45) is -0.457. The number of hydrogen-bond acceptors (Lipinski definition) is 2. The van der Waals surface area contributed by atoms with Crippen molar-refractivity contribution in [2.45, 2.75) is 12.5 Å². The molecule has 108 valence electrons. The molecule has 0 saturated carbocycles. The second-order valence-corrected chi connectivity index (χ2v) is 5.94. The van der Waals surface area contributed by atoms with E-state index in [2.05, 4.69) is 21.0 Å². The maximum absolute atomic E-state index is 13.4. The van der Waals surface area contributed by atoms with E-state index in [1.807, 2.05) is 31.3 Å². The Hall–Kier alpha value is -1.72. The van der Waals surface area contributed by atoms with E-state index >= 15 is 0 Å². The van der Waals surface area contributed by atoms with Crippen LogP contribution in [0.4, 0.5) is 4.39 Å². The molecular weight excluding hydrogens is 335 g/mol. The molecule has 1 atom stereocenters. The number of para-hydroxylation sites is 1. The predicted octanol–water partition coefficient (Wildman–Crippen LogP) is 3.75. The highest BCUT2D eigenvalue weighted by atomic mass is 79.9. The topological polar surface area (TPSA) is 38.0 Å². The van der Waals surface area contributed by atoms with Crippen molar-refractivity contribution in [1.29, 1.82) is 0 Å². The van der Waals surface area contributed by atoms with Crippen LogP contribution in [-0.2, 0) is 13.5 Å². The molecule has 0 aliphatic heterocycles. The Bertz CT molecular complexity index is 780. The maximum Gasteiger partial charge on any atom is 0.124 e. The van der Waals surface area contributed by atoms with Gasteiger partial charge in [0.2, 0.25) is 0 Å². The smallest absolute Gasteiger partial charge is 0.124 e. The van der Waals surface area contributed by atoms with Crippen molar-refractivity contribution in [3.8, 4) is 0 Å². The molecule has 0 spiro atoms. The lowest BCUT2D eigenvalue weighted by Gasteiger charge is -2.09. The number of aliphatic hydroxyl groups is 1. The minimum atomic E-state index is -0.773. The van der Waals surface area contributed by atoms with E-state index in [-0.39, 0.29) is 5.82 Å². The average molecular weight is 349 g/mol. The summed E-state index contributed by atoms with van der Waals surface area (Å²) >= 11 is 3.26. The lowest BCUT2D eigenvalue weighted by molar-refractivity contribution is 0.174. The summed E-state index contributed by atoms with van der Waals surface area (Å²) in [7, 11) is 1.84. The van der Waals surface area contributed by atoms with Crippen LogP contribution in [-0.4, -0.2) is 14.9 Å². The highest BCUT2D eigenvalue weighted by Crippen LogP contribution is 2.26. The minimum absolute atomic E-state index is 0.317. The fourth-order valence-corrected chi connectivity index (χ4v) is 3.05. The maximum atomic E-state index is 13.4. The van der Waals surface area contributed by atoms with Gasteiger partial charge in [0.05, 0.1) is 11.2 Å². The molecule has 0 aliphatic rings. The van der Waals surface area contributed by atoms with Gasteiger partial charge in [0.25, 0.3) is 0 Å². The Morgan fingerprint density at radius 1 is 1.29 bits per heavy atom. The number of halogens is 2. The fourth-order valence-electron chi connectivity index (χ4n) is 2.54. The molecule has 0 fully saturated rings. The summed E-state index contributed by atoms with van der Waals surface area (Å²) in [5.74, 6) is -0.322. The average Bonchev–Trinajstić information content (AvgIpc) is 2.76. The monoisotopic (exact) mass is 348 g/mol. The first-order valence-corrected chi connectivity index (χ1v) is 7.38. The Balaban J connectivity index is 1.95. The van der Waals surface area contributed by atoms with E-state index in [4.69, 9.17) is 0 Å². The molecule has 2 aromatic carbocycles. The molecule has 5 heteroatoms. The van der Waals surface area contributed by atoms with Gasteiger partial charge in [0, 0.05) is 23.3 Å².